The largest absolute Gasteiger partial charge is 0.385 e. The van der Waals surface area contributed by atoms with Gasteiger partial charge in [-0.1, -0.05) is 6.08 Å². The van der Waals surface area contributed by atoms with E-state index in [1.165, 1.54) is 0 Å². The lowest BCUT2D eigenvalue weighted by Crippen LogP contribution is -2.40. The van der Waals surface area contributed by atoms with Gasteiger partial charge in [-0.15, -0.1) is 6.58 Å². The molecule has 0 saturated heterocycles. The zero-order valence-corrected chi connectivity index (χ0v) is 7.67. The first kappa shape index (κ1) is 13.0. The summed E-state index contributed by atoms with van der Waals surface area (Å²) in [5.74, 6) is -0.438. The van der Waals surface area contributed by atoms with Crippen LogP contribution in [0.4, 0.5) is 8.78 Å². The maximum Gasteiger partial charge on any atom is 0.265 e. The zero-order chi connectivity index (χ0) is 11.0. The summed E-state index contributed by atoms with van der Waals surface area (Å²) in [6.07, 6.45) is -3.07. The first-order valence-corrected chi connectivity index (χ1v) is 4.12. The summed E-state index contributed by atoms with van der Waals surface area (Å²) in [6, 6.07) is 0. The van der Waals surface area contributed by atoms with Crippen LogP contribution in [-0.2, 0) is 4.79 Å². The van der Waals surface area contributed by atoms with Crippen LogP contribution < -0.4 is 10.6 Å². The second-order valence-corrected chi connectivity index (χ2v) is 2.63. The minimum absolute atomic E-state index is 0.0159. The highest BCUT2D eigenvalue weighted by Crippen LogP contribution is 1.97. The van der Waals surface area contributed by atoms with Crippen LogP contribution in [0.2, 0.25) is 0 Å². The number of nitrogens with one attached hydrogen (secondary N) is 2. The van der Waals surface area contributed by atoms with Gasteiger partial charge < -0.3 is 15.7 Å². The van der Waals surface area contributed by atoms with Gasteiger partial charge in [-0.05, 0) is 0 Å². The first-order valence-electron chi connectivity index (χ1n) is 4.12. The molecule has 0 aliphatic heterocycles. The number of carbonyl (C=O) groups excluding carboxylic acids is 1. The number of halogens is 2. The summed E-state index contributed by atoms with van der Waals surface area (Å²) in [6.45, 7) is 3.46. The molecule has 0 radical (unpaired) electrons. The summed E-state index contributed by atoms with van der Waals surface area (Å²) in [5.41, 5.74) is 0. The molecule has 0 aromatic carbocycles. The van der Waals surface area contributed by atoms with Gasteiger partial charge in [-0.3, -0.25) is 4.79 Å². The topological polar surface area (TPSA) is 61.4 Å². The Morgan fingerprint density at radius 1 is 1.57 bits per heavy atom. The highest BCUT2D eigenvalue weighted by Gasteiger charge is 2.16. The molecule has 0 saturated carbocycles. The van der Waals surface area contributed by atoms with Crippen molar-refractivity contribution in [3.05, 3.63) is 12.7 Å². The van der Waals surface area contributed by atoms with E-state index in [4.69, 9.17) is 5.11 Å². The van der Waals surface area contributed by atoms with E-state index in [1.54, 1.807) is 6.08 Å². The third-order valence-electron chi connectivity index (χ3n) is 1.37. The Hall–Kier alpha value is -1.01. The van der Waals surface area contributed by atoms with Gasteiger partial charge in [0.1, 0.15) is 6.10 Å². The fourth-order valence-corrected chi connectivity index (χ4v) is 0.658. The molecule has 1 amide bonds. The molecule has 0 aliphatic rings. The minimum Gasteiger partial charge on any atom is -0.385 e. The average Bonchev–Trinajstić information content (AvgIpc) is 2.14. The standard InChI is InChI=1S/C8H14F2N2O2/c1-2-3-11-5-7(14)12-4-6(13)8(9)10/h2,6,8,11,13H,1,3-5H2,(H,12,14). The average molecular weight is 208 g/mol. The van der Waals surface area contributed by atoms with E-state index in [-0.39, 0.29) is 6.54 Å². The number of aliphatic hydroxyl groups is 1. The van der Waals surface area contributed by atoms with Crippen LogP contribution in [0.1, 0.15) is 0 Å². The van der Waals surface area contributed by atoms with Crippen molar-refractivity contribution in [2.45, 2.75) is 12.5 Å². The number of alkyl halides is 2. The van der Waals surface area contributed by atoms with Crippen LogP contribution in [-0.4, -0.2) is 43.2 Å². The van der Waals surface area contributed by atoms with Gasteiger partial charge in [0, 0.05) is 13.1 Å². The Morgan fingerprint density at radius 2 is 2.21 bits per heavy atom. The van der Waals surface area contributed by atoms with Crippen molar-refractivity contribution in [2.24, 2.45) is 0 Å². The van der Waals surface area contributed by atoms with Gasteiger partial charge >= 0.3 is 0 Å². The van der Waals surface area contributed by atoms with Crippen LogP contribution in [0.5, 0.6) is 0 Å². The molecule has 1 atom stereocenters. The van der Waals surface area contributed by atoms with E-state index in [0.29, 0.717) is 6.54 Å². The second-order valence-electron chi connectivity index (χ2n) is 2.63. The number of rotatable bonds is 7. The normalized spacial score (nSPS) is 12.6. The van der Waals surface area contributed by atoms with Crippen LogP contribution >= 0.6 is 0 Å². The van der Waals surface area contributed by atoms with Gasteiger partial charge in [0.05, 0.1) is 6.54 Å². The molecular weight excluding hydrogens is 194 g/mol. The SMILES string of the molecule is C=CCNCC(=O)NCC(O)C(F)F. The van der Waals surface area contributed by atoms with Gasteiger partial charge in [0.15, 0.2) is 0 Å². The van der Waals surface area contributed by atoms with E-state index in [1.807, 2.05) is 0 Å². The Kier molecular flexibility index (Phi) is 6.87. The molecule has 0 aromatic heterocycles. The molecule has 4 nitrogen and oxygen atoms in total. The molecule has 0 aromatic rings. The number of amides is 1. The molecule has 0 heterocycles. The van der Waals surface area contributed by atoms with Crippen LogP contribution in [0, 0.1) is 0 Å². The molecule has 0 fully saturated rings. The Balaban J connectivity index is 3.48. The van der Waals surface area contributed by atoms with Crippen molar-refractivity contribution < 1.29 is 18.7 Å². The van der Waals surface area contributed by atoms with E-state index in [2.05, 4.69) is 17.2 Å². The van der Waals surface area contributed by atoms with Gasteiger partial charge in [0.25, 0.3) is 6.43 Å². The lowest BCUT2D eigenvalue weighted by atomic mass is 10.3. The molecule has 82 valence electrons. The molecule has 6 heteroatoms. The number of hydrogen-bond donors (Lipinski definition) is 3. The maximum atomic E-state index is 11.8. The number of aliphatic hydroxyl groups excluding tert-OH is 1. The number of hydrogen-bond acceptors (Lipinski definition) is 3. The van der Waals surface area contributed by atoms with Crippen molar-refractivity contribution in [2.75, 3.05) is 19.6 Å². The van der Waals surface area contributed by atoms with Gasteiger partial charge in [0.2, 0.25) is 5.91 Å². The lowest BCUT2D eigenvalue weighted by Gasteiger charge is -2.10. The van der Waals surface area contributed by atoms with E-state index in [9.17, 15) is 13.6 Å². The molecule has 1 unspecified atom stereocenters. The maximum absolute atomic E-state index is 11.8. The Bertz CT molecular complexity index is 188. The summed E-state index contributed by atoms with van der Waals surface area (Å²) >= 11 is 0. The Labute approximate surface area is 81.0 Å². The van der Waals surface area contributed by atoms with Crippen molar-refractivity contribution in [3.8, 4) is 0 Å². The molecule has 3 N–H and O–H groups in total. The summed E-state index contributed by atoms with van der Waals surface area (Å²) in [4.78, 5) is 10.9. The van der Waals surface area contributed by atoms with Crippen LogP contribution in [0.3, 0.4) is 0 Å². The lowest BCUT2D eigenvalue weighted by molar-refractivity contribution is -0.121. The van der Waals surface area contributed by atoms with E-state index >= 15 is 0 Å². The smallest absolute Gasteiger partial charge is 0.265 e. The fraction of sp³-hybridized carbons (Fsp3) is 0.625. The van der Waals surface area contributed by atoms with Gasteiger partial charge in [-0.25, -0.2) is 8.78 Å². The van der Waals surface area contributed by atoms with E-state index < -0.39 is 25.0 Å². The van der Waals surface area contributed by atoms with Crippen molar-refractivity contribution >= 4 is 5.91 Å². The number of carbonyl (C=O) groups is 1. The predicted octanol–water partition coefficient (Wildman–Crippen LogP) is -0.496. The summed E-state index contributed by atoms with van der Waals surface area (Å²) < 4.78 is 23.5. The third kappa shape index (κ3) is 6.50. The van der Waals surface area contributed by atoms with Crippen molar-refractivity contribution in [3.63, 3.8) is 0 Å². The molecular formula is C8H14F2N2O2. The predicted molar refractivity (Wildman–Crippen MR) is 48.1 cm³/mol. The highest BCUT2D eigenvalue weighted by molar-refractivity contribution is 5.77. The molecule has 0 spiro atoms. The first-order chi connectivity index (χ1) is 6.57. The molecule has 0 bridgehead atoms. The minimum atomic E-state index is -2.84. The Morgan fingerprint density at radius 3 is 2.71 bits per heavy atom. The zero-order valence-electron chi connectivity index (χ0n) is 7.67. The van der Waals surface area contributed by atoms with Gasteiger partial charge in [-0.2, -0.15) is 0 Å². The van der Waals surface area contributed by atoms with Crippen molar-refractivity contribution in [1.29, 1.82) is 0 Å². The monoisotopic (exact) mass is 208 g/mol. The molecule has 0 aliphatic carbocycles. The molecule has 0 rings (SSSR count). The summed E-state index contributed by atoms with van der Waals surface area (Å²) in [7, 11) is 0. The quantitative estimate of drug-likeness (QED) is 0.390. The van der Waals surface area contributed by atoms with Crippen molar-refractivity contribution in [1.82, 2.24) is 10.6 Å². The molecule has 14 heavy (non-hydrogen) atoms. The summed E-state index contributed by atoms with van der Waals surface area (Å²) in [5, 5.41) is 13.5. The fourth-order valence-electron chi connectivity index (χ4n) is 0.658. The highest BCUT2D eigenvalue weighted by atomic mass is 19.3. The second kappa shape index (κ2) is 7.40. The third-order valence-corrected chi connectivity index (χ3v) is 1.37. The van der Waals surface area contributed by atoms with Crippen LogP contribution in [0.25, 0.3) is 0 Å². The van der Waals surface area contributed by atoms with E-state index in [0.717, 1.165) is 0 Å². The van der Waals surface area contributed by atoms with Crippen LogP contribution in [0.15, 0.2) is 12.7 Å².